The van der Waals surface area contributed by atoms with E-state index in [2.05, 4.69) is 15.0 Å². The highest BCUT2D eigenvalue weighted by molar-refractivity contribution is 7.89. The number of carbonyl (C=O) groups is 1. The van der Waals surface area contributed by atoms with Crippen LogP contribution in [0.3, 0.4) is 0 Å². The van der Waals surface area contributed by atoms with Crippen molar-refractivity contribution in [2.45, 2.75) is 59.2 Å². The first-order chi connectivity index (χ1) is 11.4. The highest BCUT2D eigenvalue weighted by atomic mass is 32.2. The molecule has 1 rings (SSSR count). The standard InChI is InChI=1S/C16H33N5O3S/c1-12(2)19-25(23,24)9-8-18-15(17-7)20-10-14(22)21(13(3)4)16(5,6)11-20/h12-13,19H,8-11H2,1-7H3,(H,17,18). The number of carbonyl (C=O) groups excluding carboxylic acids is 1. The molecule has 9 heteroatoms. The van der Waals surface area contributed by atoms with Gasteiger partial charge in [-0.05, 0) is 41.5 Å². The van der Waals surface area contributed by atoms with Gasteiger partial charge in [0.2, 0.25) is 15.9 Å². The first kappa shape index (κ1) is 21.7. The topological polar surface area (TPSA) is 94.1 Å². The van der Waals surface area contributed by atoms with Gasteiger partial charge in [0.25, 0.3) is 0 Å². The molecule has 0 aromatic heterocycles. The number of rotatable bonds is 6. The maximum absolute atomic E-state index is 12.5. The third kappa shape index (κ3) is 6.14. The normalized spacial score (nSPS) is 19.1. The number of aliphatic imine (C=N–C) groups is 1. The molecule has 8 nitrogen and oxygen atoms in total. The fourth-order valence-corrected chi connectivity index (χ4v) is 4.57. The Kier molecular flexibility index (Phi) is 7.25. The average Bonchev–Trinajstić information content (AvgIpc) is 2.39. The van der Waals surface area contributed by atoms with Crippen molar-refractivity contribution in [3.8, 4) is 0 Å². The van der Waals surface area contributed by atoms with E-state index in [9.17, 15) is 13.2 Å². The molecule has 1 heterocycles. The van der Waals surface area contributed by atoms with Gasteiger partial charge in [-0.1, -0.05) is 0 Å². The van der Waals surface area contributed by atoms with Crippen molar-refractivity contribution in [2.75, 3.05) is 32.4 Å². The number of hydrogen-bond donors (Lipinski definition) is 2. The van der Waals surface area contributed by atoms with Crippen molar-refractivity contribution < 1.29 is 13.2 Å². The van der Waals surface area contributed by atoms with Gasteiger partial charge in [0.1, 0.15) is 0 Å². The summed E-state index contributed by atoms with van der Waals surface area (Å²) < 4.78 is 26.3. The molecule has 0 atom stereocenters. The lowest BCUT2D eigenvalue weighted by Gasteiger charge is -2.49. The zero-order chi connectivity index (χ0) is 19.4. The monoisotopic (exact) mass is 375 g/mol. The largest absolute Gasteiger partial charge is 0.355 e. The summed E-state index contributed by atoms with van der Waals surface area (Å²) in [4.78, 5) is 20.5. The predicted molar refractivity (Wildman–Crippen MR) is 101 cm³/mol. The number of guanidine groups is 1. The van der Waals surface area contributed by atoms with Gasteiger partial charge in [0.05, 0.1) is 17.8 Å². The van der Waals surface area contributed by atoms with Crippen LogP contribution in [0.2, 0.25) is 0 Å². The average molecular weight is 376 g/mol. The van der Waals surface area contributed by atoms with Gasteiger partial charge in [-0.25, -0.2) is 13.1 Å². The molecule has 1 aliphatic rings. The Morgan fingerprint density at radius 3 is 2.32 bits per heavy atom. The second-order valence-corrected chi connectivity index (χ2v) is 9.46. The summed E-state index contributed by atoms with van der Waals surface area (Å²) in [5.74, 6) is 0.543. The van der Waals surface area contributed by atoms with Crippen molar-refractivity contribution in [3.05, 3.63) is 0 Å². The molecule has 1 saturated heterocycles. The number of hydrogen-bond acceptors (Lipinski definition) is 4. The van der Waals surface area contributed by atoms with Crippen LogP contribution in [0.15, 0.2) is 4.99 Å². The highest BCUT2D eigenvalue weighted by Crippen LogP contribution is 2.24. The first-order valence-corrected chi connectivity index (χ1v) is 10.3. The van der Waals surface area contributed by atoms with E-state index in [0.29, 0.717) is 12.5 Å². The van der Waals surface area contributed by atoms with E-state index in [1.807, 2.05) is 37.5 Å². The van der Waals surface area contributed by atoms with E-state index in [-0.39, 0.29) is 42.4 Å². The van der Waals surface area contributed by atoms with Gasteiger partial charge < -0.3 is 15.1 Å². The summed E-state index contributed by atoms with van der Waals surface area (Å²) >= 11 is 0. The molecule has 0 unspecified atom stereocenters. The summed E-state index contributed by atoms with van der Waals surface area (Å²) in [6.45, 7) is 12.7. The van der Waals surface area contributed by atoms with Crippen molar-refractivity contribution in [1.82, 2.24) is 19.8 Å². The maximum Gasteiger partial charge on any atom is 0.242 e. The molecule has 1 fully saturated rings. The van der Waals surface area contributed by atoms with Crippen LogP contribution in [0.25, 0.3) is 0 Å². The zero-order valence-electron chi connectivity index (χ0n) is 16.5. The lowest BCUT2D eigenvalue weighted by atomic mass is 9.96. The third-order valence-electron chi connectivity index (χ3n) is 3.92. The van der Waals surface area contributed by atoms with Crippen molar-refractivity contribution in [1.29, 1.82) is 0 Å². The summed E-state index contributed by atoms with van der Waals surface area (Å²) in [5.41, 5.74) is -0.327. The molecule has 0 bridgehead atoms. The van der Waals surface area contributed by atoms with Gasteiger partial charge >= 0.3 is 0 Å². The van der Waals surface area contributed by atoms with Crippen LogP contribution in [-0.2, 0) is 14.8 Å². The van der Waals surface area contributed by atoms with E-state index in [0.717, 1.165) is 0 Å². The van der Waals surface area contributed by atoms with E-state index < -0.39 is 10.0 Å². The predicted octanol–water partition coefficient (Wildman–Crippen LogP) is 0.221. The zero-order valence-corrected chi connectivity index (χ0v) is 17.3. The summed E-state index contributed by atoms with van der Waals surface area (Å²) in [5, 5.41) is 3.06. The van der Waals surface area contributed by atoms with E-state index in [1.54, 1.807) is 20.9 Å². The molecule has 0 radical (unpaired) electrons. The quantitative estimate of drug-likeness (QED) is 0.512. The molecule has 0 spiro atoms. The van der Waals surface area contributed by atoms with Gasteiger partial charge in [-0.3, -0.25) is 9.79 Å². The van der Waals surface area contributed by atoms with Gasteiger partial charge in [-0.15, -0.1) is 0 Å². The lowest BCUT2D eigenvalue weighted by Crippen LogP contribution is -2.66. The Balaban J connectivity index is 2.71. The first-order valence-electron chi connectivity index (χ1n) is 8.67. The fraction of sp³-hybridized carbons (Fsp3) is 0.875. The Morgan fingerprint density at radius 2 is 1.88 bits per heavy atom. The van der Waals surface area contributed by atoms with Crippen LogP contribution in [0.1, 0.15) is 41.5 Å². The minimum atomic E-state index is -3.33. The smallest absolute Gasteiger partial charge is 0.242 e. The lowest BCUT2D eigenvalue weighted by molar-refractivity contribution is -0.145. The van der Waals surface area contributed by atoms with Crippen LogP contribution in [0, 0.1) is 0 Å². The van der Waals surface area contributed by atoms with Crippen LogP contribution in [-0.4, -0.2) is 80.1 Å². The molecular weight excluding hydrogens is 342 g/mol. The van der Waals surface area contributed by atoms with Gasteiger partial charge in [0, 0.05) is 32.2 Å². The number of amides is 1. The number of nitrogens with zero attached hydrogens (tertiary/aromatic N) is 3. The van der Waals surface area contributed by atoms with E-state index >= 15 is 0 Å². The van der Waals surface area contributed by atoms with E-state index in [4.69, 9.17) is 0 Å². The minimum absolute atomic E-state index is 0.0447. The van der Waals surface area contributed by atoms with Crippen LogP contribution >= 0.6 is 0 Å². The summed E-state index contributed by atoms with van der Waals surface area (Å²) in [6.07, 6.45) is 0. The highest BCUT2D eigenvalue weighted by Gasteiger charge is 2.40. The fourth-order valence-electron chi connectivity index (χ4n) is 3.36. The number of piperazine rings is 1. The Morgan fingerprint density at radius 1 is 1.28 bits per heavy atom. The summed E-state index contributed by atoms with van der Waals surface area (Å²) in [7, 11) is -1.70. The molecule has 1 aliphatic heterocycles. The van der Waals surface area contributed by atoms with Gasteiger partial charge in [0.15, 0.2) is 5.96 Å². The SMILES string of the molecule is CN=C(NCCS(=O)(=O)NC(C)C)N1CC(=O)N(C(C)C)C(C)(C)C1. The molecule has 2 N–H and O–H groups in total. The molecule has 0 aromatic carbocycles. The Labute approximate surface area is 152 Å². The molecule has 25 heavy (non-hydrogen) atoms. The van der Waals surface area contributed by atoms with Crippen LogP contribution in [0.4, 0.5) is 0 Å². The second kappa shape index (κ2) is 8.35. The third-order valence-corrected chi connectivity index (χ3v) is 5.49. The van der Waals surface area contributed by atoms with Crippen LogP contribution in [0.5, 0.6) is 0 Å². The molecule has 0 aromatic rings. The molecule has 0 aliphatic carbocycles. The molecule has 1 amide bonds. The minimum Gasteiger partial charge on any atom is -0.355 e. The Hall–Kier alpha value is -1.35. The summed E-state index contributed by atoms with van der Waals surface area (Å²) in [6, 6.07) is -0.00119. The van der Waals surface area contributed by atoms with E-state index in [1.165, 1.54) is 0 Å². The maximum atomic E-state index is 12.5. The number of nitrogens with one attached hydrogen (secondary N) is 2. The number of sulfonamides is 1. The Bertz CT molecular complexity index is 599. The second-order valence-electron chi connectivity index (χ2n) is 7.59. The van der Waals surface area contributed by atoms with Crippen molar-refractivity contribution >= 4 is 21.9 Å². The van der Waals surface area contributed by atoms with Gasteiger partial charge in [-0.2, -0.15) is 0 Å². The van der Waals surface area contributed by atoms with Crippen molar-refractivity contribution in [3.63, 3.8) is 0 Å². The van der Waals surface area contributed by atoms with Crippen molar-refractivity contribution in [2.24, 2.45) is 4.99 Å². The molecular formula is C16H33N5O3S. The van der Waals surface area contributed by atoms with Crippen LogP contribution < -0.4 is 10.0 Å². The molecule has 146 valence electrons. The molecule has 0 saturated carbocycles.